The minimum Gasteiger partial charge on any atom is -0.463 e. The Morgan fingerprint density at radius 1 is 0.552 bits per heavy atom. The zero-order chi connectivity index (χ0) is 42.5. The van der Waals surface area contributed by atoms with Gasteiger partial charge in [-0.05, 0) is 89.9 Å². The van der Waals surface area contributed by atoms with E-state index in [1.807, 2.05) is 0 Å². The van der Waals surface area contributed by atoms with Gasteiger partial charge >= 0.3 is 13.8 Å². The summed E-state index contributed by atoms with van der Waals surface area (Å²) in [7, 11) is -4.43. The minimum absolute atomic E-state index is 0.0685. The number of carbonyl (C=O) groups is 2. The van der Waals surface area contributed by atoms with E-state index in [9.17, 15) is 24.2 Å². The van der Waals surface area contributed by atoms with E-state index in [1.54, 1.807) is 0 Å². The molecule has 0 saturated carbocycles. The molecule has 3 N–H and O–H groups in total. The van der Waals surface area contributed by atoms with Crippen molar-refractivity contribution >= 4 is 19.7 Å². The molecule has 9 nitrogen and oxygen atoms in total. The number of carbonyl (C=O) groups excluding carboxylic acids is 2. The van der Waals surface area contributed by atoms with Crippen molar-refractivity contribution in [1.29, 1.82) is 0 Å². The van der Waals surface area contributed by atoms with Crippen molar-refractivity contribution in [2.75, 3.05) is 26.4 Å². The average molecular weight is 832 g/mol. The van der Waals surface area contributed by atoms with E-state index in [-0.39, 0.29) is 32.1 Å². The van der Waals surface area contributed by atoms with Crippen LogP contribution in [-0.2, 0) is 27.9 Å². The summed E-state index contributed by atoms with van der Waals surface area (Å²) in [6, 6.07) is 0. The van der Waals surface area contributed by atoms with Crippen molar-refractivity contribution in [2.45, 2.75) is 180 Å². The van der Waals surface area contributed by atoms with Crippen molar-refractivity contribution < 1.29 is 37.9 Å². The highest BCUT2D eigenvalue weighted by atomic mass is 31.2. The number of hydrogen-bond donors (Lipinski definition) is 3. The SMILES string of the molecule is CC/C=C\C/C=C\C/C=C\C/C=C\C/C=C\CCCCCC(=O)OCC(O)COP(=O)(O)OCCNC(=O)CCCCCCCCC/C=C\C/C=C\CCCCCC. The van der Waals surface area contributed by atoms with E-state index < -0.39 is 26.5 Å². The van der Waals surface area contributed by atoms with Crippen molar-refractivity contribution in [2.24, 2.45) is 0 Å². The number of hydrogen-bond acceptors (Lipinski definition) is 7. The Bertz CT molecular complexity index is 1220. The number of ether oxygens (including phenoxy) is 1. The molecule has 2 unspecified atom stereocenters. The van der Waals surface area contributed by atoms with Crippen molar-refractivity contribution in [3.63, 3.8) is 0 Å². The van der Waals surface area contributed by atoms with Crippen LogP contribution in [-0.4, -0.2) is 54.3 Å². The molecule has 0 saturated heterocycles. The van der Waals surface area contributed by atoms with Gasteiger partial charge in [-0.2, -0.15) is 0 Å². The Hall–Kier alpha value is -2.81. The Labute approximate surface area is 353 Å². The van der Waals surface area contributed by atoms with Gasteiger partial charge < -0.3 is 20.1 Å². The first kappa shape index (κ1) is 55.2. The number of unbranched alkanes of at least 4 members (excludes halogenated alkanes) is 14. The Morgan fingerprint density at radius 2 is 0.983 bits per heavy atom. The minimum atomic E-state index is -4.43. The number of phosphoric ester groups is 1. The lowest BCUT2D eigenvalue weighted by atomic mass is 10.1. The van der Waals surface area contributed by atoms with E-state index >= 15 is 0 Å². The van der Waals surface area contributed by atoms with Gasteiger partial charge in [-0.3, -0.25) is 18.6 Å². The lowest BCUT2D eigenvalue weighted by Gasteiger charge is -2.15. The van der Waals surface area contributed by atoms with Gasteiger partial charge in [0.05, 0.1) is 13.2 Å². The number of aliphatic hydroxyl groups is 1. The van der Waals surface area contributed by atoms with Crippen molar-refractivity contribution in [1.82, 2.24) is 5.32 Å². The van der Waals surface area contributed by atoms with E-state index in [1.165, 1.54) is 57.8 Å². The molecule has 0 aliphatic rings. The van der Waals surface area contributed by atoms with Gasteiger partial charge in [0, 0.05) is 19.4 Å². The standard InChI is InChI=1S/C48H82NO8P/c1-3-5-7-9-11-13-15-17-19-21-23-25-27-29-31-33-35-37-39-41-48(52)55-44-46(50)45-57-58(53,54)56-43-42-49-47(51)40-38-36-34-32-30-28-26-24-22-20-18-16-14-12-10-8-6-4-2/h5,7,11,13-14,16-17,19-20,22-23,25,29,31,46,50H,3-4,6,8-10,12,15,18,21,24,26-28,30,32-45H2,1-2H3,(H,49,51)(H,53,54)/b7-5-,13-11-,16-14-,19-17-,22-20-,25-23-,31-29-. The molecule has 0 aliphatic heterocycles. The molecule has 332 valence electrons. The summed E-state index contributed by atoms with van der Waals surface area (Å²) in [5, 5.41) is 12.7. The molecule has 0 spiro atoms. The van der Waals surface area contributed by atoms with Crippen LogP contribution in [0, 0.1) is 0 Å². The second-order valence-corrected chi connectivity index (χ2v) is 16.1. The van der Waals surface area contributed by atoms with Crippen molar-refractivity contribution in [3.05, 3.63) is 85.1 Å². The van der Waals surface area contributed by atoms with E-state index in [0.717, 1.165) is 83.5 Å². The third kappa shape index (κ3) is 44.3. The molecule has 0 aromatic carbocycles. The Kier molecular flexibility index (Phi) is 41.6. The van der Waals surface area contributed by atoms with Gasteiger partial charge in [-0.1, -0.05) is 157 Å². The highest BCUT2D eigenvalue weighted by Gasteiger charge is 2.23. The maximum Gasteiger partial charge on any atom is 0.472 e. The summed E-state index contributed by atoms with van der Waals surface area (Å²) in [6.45, 7) is 3.36. The van der Waals surface area contributed by atoms with Crippen LogP contribution in [0.1, 0.15) is 174 Å². The smallest absolute Gasteiger partial charge is 0.463 e. The number of allylic oxidation sites excluding steroid dienone is 14. The Balaban J connectivity index is 3.68. The van der Waals surface area contributed by atoms with Crippen LogP contribution in [0.5, 0.6) is 0 Å². The van der Waals surface area contributed by atoms with Gasteiger partial charge in [0.25, 0.3) is 0 Å². The van der Waals surface area contributed by atoms with E-state index in [4.69, 9.17) is 13.8 Å². The molecule has 2 atom stereocenters. The van der Waals surface area contributed by atoms with Crippen LogP contribution in [0.15, 0.2) is 85.1 Å². The highest BCUT2D eigenvalue weighted by molar-refractivity contribution is 7.47. The predicted molar refractivity (Wildman–Crippen MR) is 242 cm³/mol. The Morgan fingerprint density at radius 3 is 1.50 bits per heavy atom. The van der Waals surface area contributed by atoms with Crippen LogP contribution >= 0.6 is 7.82 Å². The summed E-state index contributed by atoms with van der Waals surface area (Å²) in [5.41, 5.74) is 0. The van der Waals surface area contributed by atoms with Crippen LogP contribution in [0.4, 0.5) is 0 Å². The maximum atomic E-state index is 12.1. The lowest BCUT2D eigenvalue weighted by Crippen LogP contribution is -2.27. The fraction of sp³-hybridized carbons (Fsp3) is 0.667. The second-order valence-electron chi connectivity index (χ2n) is 14.6. The molecule has 0 aliphatic carbocycles. The van der Waals surface area contributed by atoms with Gasteiger partial charge in [-0.15, -0.1) is 0 Å². The monoisotopic (exact) mass is 832 g/mol. The number of nitrogens with one attached hydrogen (secondary N) is 1. The molecule has 0 radical (unpaired) electrons. The summed E-state index contributed by atoms with van der Waals surface area (Å²) < 4.78 is 26.9. The molecule has 58 heavy (non-hydrogen) atoms. The molecular formula is C48H82NO8P. The number of amides is 1. The topological polar surface area (TPSA) is 131 Å². The van der Waals surface area contributed by atoms with Crippen LogP contribution < -0.4 is 5.32 Å². The molecule has 10 heteroatoms. The third-order valence-corrected chi connectivity index (χ3v) is 10.0. The number of esters is 1. The fourth-order valence-corrected chi connectivity index (χ4v) is 6.43. The first-order chi connectivity index (χ1) is 28.3. The third-order valence-electron chi connectivity index (χ3n) is 9.06. The molecule has 0 fully saturated rings. The quantitative estimate of drug-likeness (QED) is 0.0240. The predicted octanol–water partition coefficient (Wildman–Crippen LogP) is 12.8. The second kappa shape index (κ2) is 43.8. The van der Waals surface area contributed by atoms with Crippen molar-refractivity contribution in [3.8, 4) is 0 Å². The van der Waals surface area contributed by atoms with Crippen LogP contribution in [0.2, 0.25) is 0 Å². The molecule has 0 rings (SSSR count). The summed E-state index contributed by atoms with van der Waals surface area (Å²) in [4.78, 5) is 33.9. The summed E-state index contributed by atoms with van der Waals surface area (Å²) in [5.74, 6) is -0.563. The van der Waals surface area contributed by atoms with Gasteiger partial charge in [0.15, 0.2) is 0 Å². The van der Waals surface area contributed by atoms with Gasteiger partial charge in [0.2, 0.25) is 5.91 Å². The number of aliphatic hydroxyl groups excluding tert-OH is 1. The fourth-order valence-electron chi connectivity index (χ4n) is 5.67. The molecule has 1 amide bonds. The molecule has 0 heterocycles. The largest absolute Gasteiger partial charge is 0.472 e. The van der Waals surface area contributed by atoms with Gasteiger partial charge in [-0.25, -0.2) is 4.57 Å². The molecule has 0 aromatic heterocycles. The molecule has 0 bridgehead atoms. The first-order valence-corrected chi connectivity index (χ1v) is 24.1. The normalized spacial score (nSPS) is 14.1. The highest BCUT2D eigenvalue weighted by Crippen LogP contribution is 2.42. The van der Waals surface area contributed by atoms with Gasteiger partial charge in [0.1, 0.15) is 12.7 Å². The lowest BCUT2D eigenvalue weighted by molar-refractivity contribution is -0.147. The number of phosphoric acid groups is 1. The summed E-state index contributed by atoms with van der Waals surface area (Å²) in [6.07, 6.45) is 55.1. The van der Waals surface area contributed by atoms with E-state index in [0.29, 0.717) is 12.8 Å². The zero-order valence-electron chi connectivity index (χ0n) is 36.5. The molecular weight excluding hydrogens is 750 g/mol. The van der Waals surface area contributed by atoms with Crippen LogP contribution in [0.25, 0.3) is 0 Å². The number of rotatable bonds is 41. The average Bonchev–Trinajstić information content (AvgIpc) is 3.21. The maximum absolute atomic E-state index is 12.1. The van der Waals surface area contributed by atoms with Crippen LogP contribution in [0.3, 0.4) is 0 Å². The molecule has 0 aromatic rings. The zero-order valence-corrected chi connectivity index (χ0v) is 37.4. The summed E-state index contributed by atoms with van der Waals surface area (Å²) >= 11 is 0. The first-order valence-electron chi connectivity index (χ1n) is 22.6. The van der Waals surface area contributed by atoms with E-state index in [2.05, 4.69) is 104 Å².